The minimum absolute atomic E-state index is 0.0460. The zero-order valence-corrected chi connectivity index (χ0v) is 18.5. The predicted octanol–water partition coefficient (Wildman–Crippen LogP) is 4.03. The minimum Gasteiger partial charge on any atom is -0.307 e. The summed E-state index contributed by atoms with van der Waals surface area (Å²) in [5, 5.41) is 7.19. The van der Waals surface area contributed by atoms with Gasteiger partial charge in [0.2, 0.25) is 0 Å². The Morgan fingerprint density at radius 3 is 2.13 bits per heavy atom. The molecule has 0 aliphatic rings. The largest absolute Gasteiger partial charge is 0.307 e. The second kappa shape index (κ2) is 8.44. The molecule has 0 spiro atoms. The summed E-state index contributed by atoms with van der Waals surface area (Å²) in [4.78, 5) is 12.6. The zero-order chi connectivity index (χ0) is 21.9. The monoisotopic (exact) mass is 425 g/mol. The minimum atomic E-state index is -3.11. The first-order valence-electron chi connectivity index (χ1n) is 9.70. The SMILES string of the molecule is CC(C)(C)c1ccc(Cn2nccc2NC(=O)c2ccc(CS(C)(=O)=O)cc2)cc1. The fraction of sp³-hybridized carbons (Fsp3) is 0.304. The van der Waals surface area contributed by atoms with Gasteiger partial charge < -0.3 is 5.32 Å². The molecule has 2 aromatic carbocycles. The average Bonchev–Trinajstić information content (AvgIpc) is 3.07. The molecule has 1 amide bonds. The highest BCUT2D eigenvalue weighted by atomic mass is 32.2. The van der Waals surface area contributed by atoms with Gasteiger partial charge in [-0.05, 0) is 34.2 Å². The average molecular weight is 426 g/mol. The topological polar surface area (TPSA) is 81.1 Å². The summed E-state index contributed by atoms with van der Waals surface area (Å²) in [6, 6.07) is 16.7. The number of nitrogens with zero attached hydrogens (tertiary/aromatic N) is 2. The number of carbonyl (C=O) groups is 1. The molecule has 0 atom stereocenters. The fourth-order valence-corrected chi connectivity index (χ4v) is 3.89. The van der Waals surface area contributed by atoms with Gasteiger partial charge in [-0.2, -0.15) is 5.10 Å². The van der Waals surface area contributed by atoms with Crippen molar-refractivity contribution in [2.45, 2.75) is 38.5 Å². The highest BCUT2D eigenvalue weighted by Crippen LogP contribution is 2.22. The Morgan fingerprint density at radius 1 is 0.967 bits per heavy atom. The van der Waals surface area contributed by atoms with Crippen molar-refractivity contribution >= 4 is 21.6 Å². The van der Waals surface area contributed by atoms with Gasteiger partial charge in [0.05, 0.1) is 18.5 Å². The quantitative estimate of drug-likeness (QED) is 0.647. The van der Waals surface area contributed by atoms with E-state index in [2.05, 4.69) is 55.5 Å². The summed E-state index contributed by atoms with van der Waals surface area (Å²) in [6.45, 7) is 7.07. The lowest BCUT2D eigenvalue weighted by molar-refractivity contribution is 0.102. The van der Waals surface area contributed by atoms with Gasteiger partial charge in [0.15, 0.2) is 9.84 Å². The van der Waals surface area contributed by atoms with E-state index in [0.29, 0.717) is 23.5 Å². The third-order valence-corrected chi connectivity index (χ3v) is 5.61. The molecule has 7 heteroatoms. The molecule has 1 heterocycles. The molecule has 3 aromatic rings. The van der Waals surface area contributed by atoms with Crippen molar-refractivity contribution in [3.05, 3.63) is 83.0 Å². The molecule has 30 heavy (non-hydrogen) atoms. The molecule has 0 radical (unpaired) electrons. The summed E-state index contributed by atoms with van der Waals surface area (Å²) >= 11 is 0. The van der Waals surface area contributed by atoms with Gasteiger partial charge in [-0.25, -0.2) is 13.1 Å². The molecule has 0 saturated heterocycles. The van der Waals surface area contributed by atoms with Gasteiger partial charge in [-0.1, -0.05) is 57.2 Å². The summed E-state index contributed by atoms with van der Waals surface area (Å²) in [6.07, 6.45) is 2.83. The van der Waals surface area contributed by atoms with Crippen LogP contribution in [-0.2, 0) is 27.5 Å². The first-order valence-corrected chi connectivity index (χ1v) is 11.8. The van der Waals surface area contributed by atoms with E-state index in [4.69, 9.17) is 0 Å². The van der Waals surface area contributed by atoms with Crippen molar-refractivity contribution in [3.8, 4) is 0 Å². The van der Waals surface area contributed by atoms with E-state index in [9.17, 15) is 13.2 Å². The van der Waals surface area contributed by atoms with Crippen LogP contribution < -0.4 is 5.32 Å². The van der Waals surface area contributed by atoms with E-state index in [1.807, 2.05) is 0 Å². The van der Waals surface area contributed by atoms with Crippen LogP contribution in [0.5, 0.6) is 0 Å². The lowest BCUT2D eigenvalue weighted by Gasteiger charge is -2.19. The number of nitrogens with one attached hydrogen (secondary N) is 1. The van der Waals surface area contributed by atoms with E-state index >= 15 is 0 Å². The number of anilines is 1. The number of hydrogen-bond acceptors (Lipinski definition) is 4. The highest BCUT2D eigenvalue weighted by Gasteiger charge is 2.14. The van der Waals surface area contributed by atoms with Crippen molar-refractivity contribution < 1.29 is 13.2 Å². The Kier molecular flexibility index (Phi) is 6.12. The van der Waals surface area contributed by atoms with Gasteiger partial charge in [0.25, 0.3) is 5.91 Å². The van der Waals surface area contributed by atoms with Crippen LogP contribution in [0.1, 0.15) is 47.8 Å². The molecular weight excluding hydrogens is 398 g/mol. The van der Waals surface area contributed by atoms with E-state index in [1.165, 1.54) is 11.8 Å². The number of sulfone groups is 1. The number of benzene rings is 2. The predicted molar refractivity (Wildman–Crippen MR) is 119 cm³/mol. The van der Waals surface area contributed by atoms with E-state index in [1.54, 1.807) is 41.2 Å². The maximum atomic E-state index is 12.6. The molecule has 1 N–H and O–H groups in total. The van der Waals surface area contributed by atoms with E-state index in [-0.39, 0.29) is 17.1 Å². The third kappa shape index (κ3) is 5.79. The summed E-state index contributed by atoms with van der Waals surface area (Å²) < 4.78 is 24.5. The summed E-state index contributed by atoms with van der Waals surface area (Å²) in [5.74, 6) is 0.279. The number of carbonyl (C=O) groups excluding carboxylic acids is 1. The van der Waals surface area contributed by atoms with Crippen LogP contribution in [0.15, 0.2) is 60.8 Å². The van der Waals surface area contributed by atoms with Crippen molar-refractivity contribution in [2.75, 3.05) is 11.6 Å². The van der Waals surface area contributed by atoms with Crippen molar-refractivity contribution in [1.29, 1.82) is 0 Å². The molecule has 0 aliphatic heterocycles. The molecule has 158 valence electrons. The molecule has 0 aliphatic carbocycles. The Balaban J connectivity index is 1.69. The van der Waals surface area contributed by atoms with Crippen LogP contribution >= 0.6 is 0 Å². The van der Waals surface area contributed by atoms with E-state index < -0.39 is 9.84 Å². The third-order valence-electron chi connectivity index (χ3n) is 4.76. The van der Waals surface area contributed by atoms with Gasteiger partial charge in [-0.3, -0.25) is 4.79 Å². The van der Waals surface area contributed by atoms with Gasteiger partial charge in [0.1, 0.15) is 5.82 Å². The zero-order valence-electron chi connectivity index (χ0n) is 17.7. The summed E-state index contributed by atoms with van der Waals surface area (Å²) in [5.41, 5.74) is 3.56. The lowest BCUT2D eigenvalue weighted by atomic mass is 9.87. The van der Waals surface area contributed by atoms with E-state index in [0.717, 1.165) is 5.56 Å². The number of amides is 1. The molecule has 0 unspecified atom stereocenters. The normalized spacial score (nSPS) is 12.0. The molecule has 3 rings (SSSR count). The number of aromatic nitrogens is 2. The smallest absolute Gasteiger partial charge is 0.256 e. The van der Waals surface area contributed by atoms with Crippen LogP contribution in [0.25, 0.3) is 0 Å². The van der Waals surface area contributed by atoms with Crippen LogP contribution in [0.2, 0.25) is 0 Å². The second-order valence-corrected chi connectivity index (χ2v) is 10.7. The Labute approximate surface area is 177 Å². The maximum absolute atomic E-state index is 12.6. The summed E-state index contributed by atoms with van der Waals surface area (Å²) in [7, 11) is -3.11. The first kappa shape index (κ1) is 21.8. The molecular formula is C23H27N3O3S. The Bertz CT molecular complexity index is 1120. The fourth-order valence-electron chi connectivity index (χ4n) is 3.09. The van der Waals surface area contributed by atoms with Gasteiger partial charge in [0, 0.05) is 17.9 Å². The molecule has 1 aromatic heterocycles. The first-order chi connectivity index (χ1) is 14.0. The standard InChI is InChI=1S/C23H27N3O3S/c1-23(2,3)20-11-7-17(8-12-20)15-26-21(13-14-24-26)25-22(27)19-9-5-18(6-10-19)16-30(4,28)29/h5-14H,15-16H2,1-4H3,(H,25,27). The Morgan fingerprint density at radius 2 is 1.57 bits per heavy atom. The van der Waals surface area contributed by atoms with Crippen molar-refractivity contribution in [1.82, 2.24) is 9.78 Å². The lowest BCUT2D eigenvalue weighted by Crippen LogP contribution is -2.16. The molecule has 0 bridgehead atoms. The van der Waals surface area contributed by atoms with Crippen molar-refractivity contribution in [3.63, 3.8) is 0 Å². The van der Waals surface area contributed by atoms with Crippen molar-refractivity contribution in [2.24, 2.45) is 0 Å². The van der Waals surface area contributed by atoms with Crippen LogP contribution in [0.4, 0.5) is 5.82 Å². The van der Waals surface area contributed by atoms with Gasteiger partial charge in [-0.15, -0.1) is 0 Å². The van der Waals surface area contributed by atoms with Crippen LogP contribution in [0.3, 0.4) is 0 Å². The van der Waals surface area contributed by atoms with Crippen LogP contribution in [-0.4, -0.2) is 30.4 Å². The van der Waals surface area contributed by atoms with Gasteiger partial charge >= 0.3 is 0 Å². The molecule has 6 nitrogen and oxygen atoms in total. The second-order valence-electron chi connectivity index (χ2n) is 8.54. The molecule has 0 saturated carbocycles. The number of rotatable bonds is 6. The Hall–Kier alpha value is -2.93. The molecule has 0 fully saturated rings. The highest BCUT2D eigenvalue weighted by molar-refractivity contribution is 7.89. The number of hydrogen-bond donors (Lipinski definition) is 1. The maximum Gasteiger partial charge on any atom is 0.256 e. The van der Waals surface area contributed by atoms with Crippen LogP contribution in [0, 0.1) is 0 Å².